The van der Waals surface area contributed by atoms with Crippen LogP contribution in [0.4, 0.5) is 10.5 Å². The molecule has 0 radical (unpaired) electrons. The van der Waals surface area contributed by atoms with E-state index < -0.39 is 17.8 Å². The maximum absolute atomic E-state index is 13.8. The van der Waals surface area contributed by atoms with Gasteiger partial charge in [-0.3, -0.25) is 14.6 Å². The number of benzene rings is 3. The lowest BCUT2D eigenvalue weighted by Gasteiger charge is -2.53. The predicted octanol–water partition coefficient (Wildman–Crippen LogP) is 5.97. The van der Waals surface area contributed by atoms with Gasteiger partial charge in [0.15, 0.2) is 5.72 Å². The van der Waals surface area contributed by atoms with Crippen LogP contribution in [0.1, 0.15) is 40.9 Å². The van der Waals surface area contributed by atoms with Gasteiger partial charge in [-0.2, -0.15) is 0 Å². The molecular formula is C25H21ClN2O3. The van der Waals surface area contributed by atoms with Gasteiger partial charge < -0.3 is 4.74 Å². The normalized spacial score (nSPS) is 22.0. The molecule has 5 rings (SSSR count). The summed E-state index contributed by atoms with van der Waals surface area (Å²) in [4.78, 5) is 30.4. The van der Waals surface area contributed by atoms with Crippen LogP contribution in [0.3, 0.4) is 0 Å². The number of nitrogens with zero attached hydrogens (tertiary/aromatic N) is 2. The molecule has 0 unspecified atom stereocenters. The highest BCUT2D eigenvalue weighted by molar-refractivity contribution is 6.30. The zero-order valence-electron chi connectivity index (χ0n) is 17.2. The van der Waals surface area contributed by atoms with Crippen LogP contribution in [0, 0.1) is 6.92 Å². The Labute approximate surface area is 185 Å². The molecule has 2 heterocycles. The van der Waals surface area contributed by atoms with Gasteiger partial charge in [-0.25, -0.2) is 4.79 Å². The van der Waals surface area contributed by atoms with Crippen LogP contribution in [0.15, 0.2) is 72.8 Å². The zero-order valence-corrected chi connectivity index (χ0v) is 18.0. The van der Waals surface area contributed by atoms with Crippen molar-refractivity contribution < 1.29 is 14.3 Å². The maximum Gasteiger partial charge on any atom is 0.335 e. The third kappa shape index (κ3) is 3.17. The standard InChI is InChI=1S/C25H21ClN2O3/c1-16-7-13-19(14-8-16)28-24(30)27(23(29)17-9-11-18(26)12-10-17)21-15-25(28,2)31-22-6-4-3-5-20(21)22/h3-14,21H,15H2,1-2H3/t21-,25+/m0/s1. The molecule has 2 aliphatic heterocycles. The molecule has 0 N–H and O–H groups in total. The SMILES string of the molecule is Cc1ccc(N2C(=O)N(C(=O)c3ccc(Cl)cc3)[C@H]3C[C@@]2(C)Oc2ccccc23)cc1. The Hall–Kier alpha value is -3.31. The second-order valence-corrected chi connectivity index (χ2v) is 8.61. The van der Waals surface area contributed by atoms with E-state index in [4.69, 9.17) is 16.3 Å². The number of urea groups is 1. The number of halogens is 1. The third-order valence-corrected chi connectivity index (χ3v) is 6.22. The highest BCUT2D eigenvalue weighted by Gasteiger charge is 2.55. The summed E-state index contributed by atoms with van der Waals surface area (Å²) in [6, 6.07) is 21.0. The minimum Gasteiger partial charge on any atom is -0.467 e. The predicted molar refractivity (Wildman–Crippen MR) is 120 cm³/mol. The molecule has 2 aliphatic rings. The smallest absolute Gasteiger partial charge is 0.335 e. The van der Waals surface area contributed by atoms with Crippen molar-refractivity contribution in [1.82, 2.24) is 4.90 Å². The Morgan fingerprint density at radius 2 is 1.71 bits per heavy atom. The quantitative estimate of drug-likeness (QED) is 0.501. The third-order valence-electron chi connectivity index (χ3n) is 5.96. The molecular weight excluding hydrogens is 412 g/mol. The summed E-state index contributed by atoms with van der Waals surface area (Å²) in [5, 5.41) is 0.534. The van der Waals surface area contributed by atoms with E-state index in [0.717, 1.165) is 11.1 Å². The van der Waals surface area contributed by atoms with Gasteiger partial charge in [-0.05, 0) is 56.3 Å². The summed E-state index contributed by atoms with van der Waals surface area (Å²) in [7, 11) is 0. The lowest BCUT2D eigenvalue weighted by molar-refractivity contribution is 0.00268. The zero-order chi connectivity index (χ0) is 21.8. The number of imide groups is 1. The molecule has 2 atom stereocenters. The van der Waals surface area contributed by atoms with Crippen LogP contribution in [-0.4, -0.2) is 22.6 Å². The van der Waals surface area contributed by atoms with Crippen LogP contribution in [0.2, 0.25) is 5.02 Å². The summed E-state index contributed by atoms with van der Waals surface area (Å²) >= 11 is 6.00. The molecule has 0 spiro atoms. The number of amides is 3. The van der Waals surface area contributed by atoms with E-state index in [9.17, 15) is 9.59 Å². The fourth-order valence-electron chi connectivity index (χ4n) is 4.44. The average molecular weight is 433 g/mol. The maximum atomic E-state index is 13.8. The topological polar surface area (TPSA) is 49.9 Å². The first-order valence-electron chi connectivity index (χ1n) is 10.2. The first kappa shape index (κ1) is 19.6. The Balaban J connectivity index is 1.66. The summed E-state index contributed by atoms with van der Waals surface area (Å²) in [5.41, 5.74) is 2.10. The van der Waals surface area contributed by atoms with E-state index in [-0.39, 0.29) is 5.91 Å². The number of carbonyl (C=O) groups is 2. The first-order valence-corrected chi connectivity index (χ1v) is 10.5. The van der Waals surface area contributed by atoms with Crippen molar-refractivity contribution in [2.75, 3.05) is 4.90 Å². The van der Waals surface area contributed by atoms with Crippen molar-refractivity contribution in [3.05, 3.63) is 94.5 Å². The number of anilines is 1. The number of aryl methyl sites for hydroxylation is 1. The van der Waals surface area contributed by atoms with Gasteiger partial charge in [0.25, 0.3) is 5.91 Å². The lowest BCUT2D eigenvalue weighted by Crippen LogP contribution is -2.67. The molecule has 31 heavy (non-hydrogen) atoms. The van der Waals surface area contributed by atoms with Gasteiger partial charge in [0.2, 0.25) is 0 Å². The Morgan fingerprint density at radius 1 is 1.03 bits per heavy atom. The summed E-state index contributed by atoms with van der Waals surface area (Å²) < 4.78 is 6.36. The fraction of sp³-hybridized carbons (Fsp3) is 0.200. The molecule has 0 aliphatic carbocycles. The van der Waals surface area contributed by atoms with Gasteiger partial charge in [-0.1, -0.05) is 47.5 Å². The fourth-order valence-corrected chi connectivity index (χ4v) is 4.57. The second kappa shape index (κ2) is 7.13. The molecule has 1 saturated heterocycles. The largest absolute Gasteiger partial charge is 0.467 e. The van der Waals surface area contributed by atoms with E-state index >= 15 is 0 Å². The number of para-hydroxylation sites is 1. The number of hydrogen-bond acceptors (Lipinski definition) is 3. The molecule has 5 nitrogen and oxygen atoms in total. The number of hydrogen-bond donors (Lipinski definition) is 0. The number of ether oxygens (including phenoxy) is 1. The van der Waals surface area contributed by atoms with Crippen molar-refractivity contribution in [3.8, 4) is 5.75 Å². The van der Waals surface area contributed by atoms with Crippen LogP contribution in [-0.2, 0) is 0 Å². The van der Waals surface area contributed by atoms with E-state index in [2.05, 4.69) is 0 Å². The number of rotatable bonds is 2. The molecule has 0 aromatic heterocycles. The highest BCUT2D eigenvalue weighted by atomic mass is 35.5. The lowest BCUT2D eigenvalue weighted by atomic mass is 9.88. The van der Waals surface area contributed by atoms with Crippen LogP contribution >= 0.6 is 11.6 Å². The minimum absolute atomic E-state index is 0.359. The van der Waals surface area contributed by atoms with Crippen molar-refractivity contribution in [2.45, 2.75) is 32.0 Å². The molecule has 3 aromatic rings. The molecule has 2 bridgehead atoms. The van der Waals surface area contributed by atoms with Crippen molar-refractivity contribution in [1.29, 1.82) is 0 Å². The second-order valence-electron chi connectivity index (χ2n) is 8.17. The van der Waals surface area contributed by atoms with E-state index in [1.807, 2.05) is 62.4 Å². The first-order chi connectivity index (χ1) is 14.9. The minimum atomic E-state index is -0.915. The van der Waals surface area contributed by atoms with E-state index in [1.54, 1.807) is 29.2 Å². The Kier molecular flexibility index (Phi) is 4.52. The molecule has 3 amide bonds. The average Bonchev–Trinajstić information content (AvgIpc) is 2.75. The molecule has 0 saturated carbocycles. The highest BCUT2D eigenvalue weighted by Crippen LogP contribution is 2.49. The monoisotopic (exact) mass is 432 g/mol. The summed E-state index contributed by atoms with van der Waals surface area (Å²) in [6.07, 6.45) is 0.461. The van der Waals surface area contributed by atoms with Crippen molar-refractivity contribution >= 4 is 29.2 Å². The van der Waals surface area contributed by atoms with Crippen LogP contribution in [0.5, 0.6) is 5.75 Å². The van der Waals surface area contributed by atoms with Gasteiger partial charge in [-0.15, -0.1) is 0 Å². The molecule has 6 heteroatoms. The molecule has 3 aromatic carbocycles. The van der Waals surface area contributed by atoms with Crippen LogP contribution < -0.4 is 9.64 Å². The van der Waals surface area contributed by atoms with Gasteiger partial charge in [0, 0.05) is 28.3 Å². The van der Waals surface area contributed by atoms with Gasteiger partial charge in [0.05, 0.1) is 6.04 Å². The van der Waals surface area contributed by atoms with Crippen molar-refractivity contribution in [3.63, 3.8) is 0 Å². The van der Waals surface area contributed by atoms with E-state index in [1.165, 1.54) is 4.90 Å². The van der Waals surface area contributed by atoms with Crippen molar-refractivity contribution in [2.24, 2.45) is 0 Å². The van der Waals surface area contributed by atoms with Gasteiger partial charge >= 0.3 is 6.03 Å². The molecule has 156 valence electrons. The van der Waals surface area contributed by atoms with E-state index in [0.29, 0.717) is 28.4 Å². The van der Waals surface area contributed by atoms with Gasteiger partial charge in [0.1, 0.15) is 5.75 Å². The summed E-state index contributed by atoms with van der Waals surface area (Å²) in [6.45, 7) is 3.89. The number of fused-ring (bicyclic) bond motifs is 4. The number of carbonyl (C=O) groups excluding carboxylic acids is 2. The Bertz CT molecular complexity index is 1180. The molecule has 1 fully saturated rings. The summed E-state index contributed by atoms with van der Waals surface area (Å²) in [5.74, 6) is 0.322. The van der Waals surface area contributed by atoms with Crippen LogP contribution in [0.25, 0.3) is 0 Å². The Morgan fingerprint density at radius 3 is 2.42 bits per heavy atom.